The number of rotatable bonds is 4. The summed E-state index contributed by atoms with van der Waals surface area (Å²) in [5.41, 5.74) is 1.43. The minimum Gasteiger partial charge on any atom is -0.304 e. The van der Waals surface area contributed by atoms with Gasteiger partial charge in [0.2, 0.25) is 0 Å². The van der Waals surface area contributed by atoms with Crippen LogP contribution >= 0.6 is 0 Å². The molecule has 19 heavy (non-hydrogen) atoms. The molecule has 1 amide bonds. The lowest BCUT2D eigenvalue weighted by molar-refractivity contribution is -0.114. The third kappa shape index (κ3) is 2.27. The van der Waals surface area contributed by atoms with Crippen molar-refractivity contribution in [3.05, 3.63) is 29.1 Å². The molecule has 1 aliphatic heterocycles. The number of nitrogens with zero attached hydrogens (tertiary/aromatic N) is 1. The molecule has 0 unspecified atom stereocenters. The molecule has 4 heteroatoms. The van der Waals surface area contributed by atoms with E-state index < -0.39 is 17.5 Å². The topological polar surface area (TPSA) is 37.4 Å². The summed E-state index contributed by atoms with van der Waals surface area (Å²) >= 11 is 0. The van der Waals surface area contributed by atoms with Gasteiger partial charge in [0, 0.05) is 6.54 Å². The van der Waals surface area contributed by atoms with Gasteiger partial charge in [0.25, 0.3) is 11.7 Å². The molecule has 102 valence electrons. The fourth-order valence-electron chi connectivity index (χ4n) is 2.59. The maximum absolute atomic E-state index is 13.4. The Labute approximate surface area is 112 Å². The number of hydrogen-bond acceptors (Lipinski definition) is 2. The number of hydrogen-bond donors (Lipinski definition) is 0. The molecule has 1 aromatic rings. The third-order valence-electron chi connectivity index (χ3n) is 3.81. The number of carbonyl (C=O) groups is 2. The summed E-state index contributed by atoms with van der Waals surface area (Å²) in [4.78, 5) is 25.5. The van der Waals surface area contributed by atoms with Crippen LogP contribution in [0.1, 0.15) is 42.6 Å². The van der Waals surface area contributed by atoms with Crippen molar-refractivity contribution in [1.29, 1.82) is 0 Å². The maximum Gasteiger partial charge on any atom is 0.299 e. The minimum absolute atomic E-state index is 0.202. The van der Waals surface area contributed by atoms with Crippen LogP contribution in [-0.4, -0.2) is 18.2 Å². The summed E-state index contributed by atoms with van der Waals surface area (Å²) in [5, 5.41) is 0. The van der Waals surface area contributed by atoms with Crippen LogP contribution in [0.15, 0.2) is 12.1 Å². The summed E-state index contributed by atoms with van der Waals surface area (Å²) in [7, 11) is 0. The Hall–Kier alpha value is -1.71. The van der Waals surface area contributed by atoms with Crippen molar-refractivity contribution < 1.29 is 14.0 Å². The first kappa shape index (κ1) is 13.7. The lowest BCUT2D eigenvalue weighted by Gasteiger charge is -2.23. The quantitative estimate of drug-likeness (QED) is 0.783. The van der Waals surface area contributed by atoms with Crippen LogP contribution in [0.2, 0.25) is 0 Å². The lowest BCUT2D eigenvalue weighted by Crippen LogP contribution is -2.34. The van der Waals surface area contributed by atoms with Crippen molar-refractivity contribution in [2.24, 2.45) is 5.92 Å². The van der Waals surface area contributed by atoms with Gasteiger partial charge in [-0.3, -0.25) is 9.59 Å². The maximum atomic E-state index is 13.4. The van der Waals surface area contributed by atoms with Gasteiger partial charge in [0.1, 0.15) is 5.82 Å². The zero-order valence-corrected chi connectivity index (χ0v) is 11.5. The molecule has 0 bridgehead atoms. The molecule has 0 atom stereocenters. The number of Topliss-reactive ketones (excluding diaryl/α,β-unsaturated/α-hetero) is 1. The first-order valence-electron chi connectivity index (χ1n) is 6.65. The number of aryl methyl sites for hydroxylation is 1. The summed E-state index contributed by atoms with van der Waals surface area (Å²) in [6.45, 7) is 6.38. The van der Waals surface area contributed by atoms with Crippen molar-refractivity contribution in [2.45, 2.75) is 33.6 Å². The molecule has 0 saturated heterocycles. The normalized spacial score (nSPS) is 14.5. The second-order valence-electron chi connectivity index (χ2n) is 5.05. The molecule has 2 rings (SSSR count). The number of amides is 1. The van der Waals surface area contributed by atoms with E-state index in [2.05, 4.69) is 13.8 Å². The zero-order chi connectivity index (χ0) is 14.2. The molecule has 0 fully saturated rings. The predicted molar refractivity (Wildman–Crippen MR) is 71.9 cm³/mol. The molecule has 1 heterocycles. The van der Waals surface area contributed by atoms with Gasteiger partial charge in [-0.05, 0) is 30.5 Å². The number of anilines is 1. The van der Waals surface area contributed by atoms with E-state index in [9.17, 15) is 14.0 Å². The highest BCUT2D eigenvalue weighted by Crippen LogP contribution is 2.34. The Morgan fingerprint density at radius 1 is 1.21 bits per heavy atom. The third-order valence-corrected chi connectivity index (χ3v) is 3.81. The standard InChI is InChI=1S/C15H18FNO2/c1-4-10(5-2)8-17-13-9(3)6-11(16)7-12(13)14(18)15(17)19/h6-7,10H,4-5,8H2,1-3H3. The van der Waals surface area contributed by atoms with Crippen LogP contribution in [-0.2, 0) is 4.79 Å². The van der Waals surface area contributed by atoms with E-state index in [-0.39, 0.29) is 5.56 Å². The lowest BCUT2D eigenvalue weighted by atomic mass is 10.0. The van der Waals surface area contributed by atoms with Gasteiger partial charge < -0.3 is 4.90 Å². The fourth-order valence-corrected chi connectivity index (χ4v) is 2.59. The molecule has 1 aromatic carbocycles. The number of carbonyl (C=O) groups excluding carboxylic acids is 2. The second kappa shape index (κ2) is 5.11. The van der Waals surface area contributed by atoms with Crippen molar-refractivity contribution >= 4 is 17.4 Å². The average molecular weight is 263 g/mol. The van der Waals surface area contributed by atoms with Crippen LogP contribution in [0, 0.1) is 18.7 Å². The first-order chi connectivity index (χ1) is 8.99. The molecule has 0 radical (unpaired) electrons. The van der Waals surface area contributed by atoms with Crippen molar-refractivity contribution in [3.63, 3.8) is 0 Å². The highest BCUT2D eigenvalue weighted by molar-refractivity contribution is 6.52. The number of ketones is 1. The molecule has 0 aromatic heterocycles. The predicted octanol–water partition coefficient (Wildman–Crippen LogP) is 3.10. The Balaban J connectivity index is 2.44. The minimum atomic E-state index is -0.594. The van der Waals surface area contributed by atoms with E-state index in [0.29, 0.717) is 23.7 Å². The van der Waals surface area contributed by atoms with Gasteiger partial charge in [-0.25, -0.2) is 4.39 Å². The van der Waals surface area contributed by atoms with Gasteiger partial charge >= 0.3 is 0 Å². The van der Waals surface area contributed by atoms with E-state index in [1.165, 1.54) is 11.0 Å². The smallest absolute Gasteiger partial charge is 0.299 e. The Kier molecular flexibility index (Phi) is 3.69. The van der Waals surface area contributed by atoms with Crippen molar-refractivity contribution in [3.8, 4) is 0 Å². The molecule has 3 nitrogen and oxygen atoms in total. The SMILES string of the molecule is CCC(CC)CN1C(=O)C(=O)c2cc(F)cc(C)c21. The van der Waals surface area contributed by atoms with E-state index in [1.54, 1.807) is 6.92 Å². The monoisotopic (exact) mass is 263 g/mol. The molecule has 0 spiro atoms. The van der Waals surface area contributed by atoms with Crippen LogP contribution < -0.4 is 4.90 Å². The largest absolute Gasteiger partial charge is 0.304 e. The molecule has 0 aliphatic carbocycles. The Morgan fingerprint density at radius 3 is 2.42 bits per heavy atom. The first-order valence-corrected chi connectivity index (χ1v) is 6.65. The van der Waals surface area contributed by atoms with Crippen LogP contribution in [0.25, 0.3) is 0 Å². The van der Waals surface area contributed by atoms with Gasteiger partial charge in [-0.1, -0.05) is 26.7 Å². The number of halogens is 1. The van der Waals surface area contributed by atoms with Crippen LogP contribution in [0.5, 0.6) is 0 Å². The summed E-state index contributed by atoms with van der Waals surface area (Å²) < 4.78 is 13.4. The van der Waals surface area contributed by atoms with E-state index in [4.69, 9.17) is 0 Å². The summed E-state index contributed by atoms with van der Waals surface area (Å²) in [5.74, 6) is -1.24. The van der Waals surface area contributed by atoms with E-state index >= 15 is 0 Å². The fraction of sp³-hybridized carbons (Fsp3) is 0.467. The van der Waals surface area contributed by atoms with Crippen molar-refractivity contribution in [2.75, 3.05) is 11.4 Å². The van der Waals surface area contributed by atoms with Gasteiger partial charge in [-0.15, -0.1) is 0 Å². The van der Waals surface area contributed by atoms with Gasteiger partial charge in [-0.2, -0.15) is 0 Å². The molecule has 1 aliphatic rings. The highest BCUT2D eigenvalue weighted by Gasteiger charge is 2.37. The zero-order valence-electron chi connectivity index (χ0n) is 11.5. The summed E-state index contributed by atoms with van der Waals surface area (Å²) in [6.07, 6.45) is 1.90. The Morgan fingerprint density at radius 2 is 1.84 bits per heavy atom. The average Bonchev–Trinajstić information content (AvgIpc) is 2.61. The van der Waals surface area contributed by atoms with Crippen LogP contribution in [0.3, 0.4) is 0 Å². The van der Waals surface area contributed by atoms with Gasteiger partial charge in [0.15, 0.2) is 0 Å². The second-order valence-corrected chi connectivity index (χ2v) is 5.05. The molecular weight excluding hydrogens is 245 g/mol. The van der Waals surface area contributed by atoms with E-state index in [1.807, 2.05) is 0 Å². The molecule has 0 N–H and O–H groups in total. The van der Waals surface area contributed by atoms with Gasteiger partial charge in [0.05, 0.1) is 11.3 Å². The number of fused-ring (bicyclic) bond motifs is 1. The highest BCUT2D eigenvalue weighted by atomic mass is 19.1. The summed E-state index contributed by atoms with van der Waals surface area (Å²) in [6, 6.07) is 2.53. The Bertz CT molecular complexity index is 535. The van der Waals surface area contributed by atoms with Crippen molar-refractivity contribution in [1.82, 2.24) is 0 Å². The number of benzene rings is 1. The van der Waals surface area contributed by atoms with E-state index in [0.717, 1.165) is 18.9 Å². The molecule has 0 saturated carbocycles. The van der Waals surface area contributed by atoms with Crippen LogP contribution in [0.4, 0.5) is 10.1 Å². The molecular formula is C15H18FNO2.